The van der Waals surface area contributed by atoms with Crippen molar-refractivity contribution in [3.05, 3.63) is 70.6 Å². The Labute approximate surface area is 138 Å². The zero-order valence-electron chi connectivity index (χ0n) is 12.4. The van der Waals surface area contributed by atoms with E-state index in [1.165, 1.54) is 0 Å². The molecular weight excluding hydrogens is 314 g/mol. The molecule has 23 heavy (non-hydrogen) atoms. The number of carbonyl (C=O) groups is 1. The number of hydrogen-bond donors (Lipinski definition) is 2. The molecule has 0 saturated heterocycles. The Bertz CT molecular complexity index is 827. The van der Waals surface area contributed by atoms with Gasteiger partial charge in [-0.2, -0.15) is 0 Å². The first-order chi connectivity index (χ1) is 11.2. The number of rotatable bonds is 5. The van der Waals surface area contributed by atoms with E-state index in [1.807, 2.05) is 36.4 Å². The average molecular weight is 330 g/mol. The molecule has 1 amide bonds. The lowest BCUT2D eigenvalue weighted by atomic mass is 10.1. The summed E-state index contributed by atoms with van der Waals surface area (Å²) < 4.78 is 1.67. The number of fused-ring (bicyclic) bond motifs is 1. The van der Waals surface area contributed by atoms with E-state index >= 15 is 0 Å². The van der Waals surface area contributed by atoms with Gasteiger partial charge < -0.3 is 10.4 Å². The first-order valence-electron chi connectivity index (χ1n) is 7.28. The van der Waals surface area contributed by atoms with Crippen LogP contribution in [0.5, 0.6) is 0 Å². The molecule has 0 spiro atoms. The van der Waals surface area contributed by atoms with E-state index in [9.17, 15) is 4.79 Å². The summed E-state index contributed by atoms with van der Waals surface area (Å²) >= 11 is 6.08. The number of halogens is 1. The number of amides is 1. The molecule has 2 N–H and O–H groups in total. The number of benzene rings is 1. The van der Waals surface area contributed by atoms with E-state index in [-0.39, 0.29) is 17.7 Å². The summed E-state index contributed by atoms with van der Waals surface area (Å²) in [5, 5.41) is 12.1. The van der Waals surface area contributed by atoms with E-state index in [4.69, 9.17) is 16.7 Å². The van der Waals surface area contributed by atoms with Gasteiger partial charge in [-0.05, 0) is 29.7 Å². The van der Waals surface area contributed by atoms with E-state index in [2.05, 4.69) is 10.3 Å². The Balaban J connectivity index is 1.65. The largest absolute Gasteiger partial charge is 0.392 e. The molecule has 0 radical (unpaired) electrons. The molecule has 0 aliphatic rings. The van der Waals surface area contributed by atoms with Crippen LogP contribution in [-0.4, -0.2) is 26.9 Å². The topological polar surface area (TPSA) is 66.6 Å². The van der Waals surface area contributed by atoms with Gasteiger partial charge in [0, 0.05) is 12.7 Å². The van der Waals surface area contributed by atoms with Crippen LogP contribution in [0.25, 0.3) is 5.65 Å². The lowest BCUT2D eigenvalue weighted by Crippen LogP contribution is -2.27. The van der Waals surface area contributed by atoms with Crippen LogP contribution in [0.1, 0.15) is 21.6 Å². The predicted octanol–water partition coefficient (Wildman–Crippen LogP) is 2.45. The summed E-state index contributed by atoms with van der Waals surface area (Å²) in [6.45, 7) is 0.525. The van der Waals surface area contributed by atoms with Gasteiger partial charge in [0.1, 0.15) is 5.65 Å². The molecule has 2 aromatic heterocycles. The van der Waals surface area contributed by atoms with Crippen LogP contribution in [0.2, 0.25) is 5.15 Å². The fraction of sp³-hybridized carbons (Fsp3) is 0.176. The molecule has 6 heteroatoms. The molecule has 2 heterocycles. The van der Waals surface area contributed by atoms with Gasteiger partial charge in [0.15, 0.2) is 10.8 Å². The van der Waals surface area contributed by atoms with Gasteiger partial charge in [0.05, 0.1) is 6.61 Å². The second-order valence-corrected chi connectivity index (χ2v) is 5.52. The molecule has 3 aromatic rings. The summed E-state index contributed by atoms with van der Waals surface area (Å²) in [7, 11) is 0. The molecule has 3 rings (SSSR count). The molecule has 1 aromatic carbocycles. The number of aromatic nitrogens is 2. The van der Waals surface area contributed by atoms with Crippen molar-refractivity contribution in [2.45, 2.75) is 13.0 Å². The van der Waals surface area contributed by atoms with E-state index in [0.29, 0.717) is 24.3 Å². The highest BCUT2D eigenvalue weighted by Gasteiger charge is 2.17. The van der Waals surface area contributed by atoms with Gasteiger partial charge in [0.25, 0.3) is 5.91 Å². The van der Waals surface area contributed by atoms with Gasteiger partial charge in [0.2, 0.25) is 0 Å². The summed E-state index contributed by atoms with van der Waals surface area (Å²) in [4.78, 5) is 16.5. The van der Waals surface area contributed by atoms with E-state index < -0.39 is 0 Å². The predicted molar refractivity (Wildman–Crippen MR) is 88.6 cm³/mol. The van der Waals surface area contributed by atoms with Crippen LogP contribution in [0.3, 0.4) is 0 Å². The highest BCUT2D eigenvalue weighted by molar-refractivity contribution is 6.32. The van der Waals surface area contributed by atoms with Gasteiger partial charge in [-0.3, -0.25) is 9.20 Å². The SMILES string of the molecule is O=C(NCCc1ccc(CO)cc1)c1c(Cl)nc2ccccn12. The number of hydrogen-bond acceptors (Lipinski definition) is 3. The van der Waals surface area contributed by atoms with E-state index in [1.54, 1.807) is 16.7 Å². The Morgan fingerprint density at radius 2 is 1.91 bits per heavy atom. The van der Waals surface area contributed by atoms with Crippen molar-refractivity contribution in [2.24, 2.45) is 0 Å². The van der Waals surface area contributed by atoms with Crippen LogP contribution < -0.4 is 5.32 Å². The molecule has 0 aliphatic carbocycles. The summed E-state index contributed by atoms with van der Waals surface area (Å²) in [5.74, 6) is -0.249. The van der Waals surface area contributed by atoms with Crippen molar-refractivity contribution < 1.29 is 9.90 Å². The van der Waals surface area contributed by atoms with Crippen molar-refractivity contribution in [3.63, 3.8) is 0 Å². The van der Waals surface area contributed by atoms with Gasteiger partial charge in [-0.1, -0.05) is 41.9 Å². The standard InChI is InChI=1S/C17H16ClN3O2/c18-16-15(21-10-2-1-3-14(21)20-16)17(23)19-9-8-12-4-6-13(11-22)7-5-12/h1-7,10,22H,8-9,11H2,(H,19,23). The van der Waals surface area contributed by atoms with Crippen molar-refractivity contribution in [1.29, 1.82) is 0 Å². The summed E-state index contributed by atoms with van der Waals surface area (Å²) in [6, 6.07) is 13.1. The van der Waals surface area contributed by atoms with Crippen molar-refractivity contribution >= 4 is 23.2 Å². The second kappa shape index (κ2) is 6.81. The van der Waals surface area contributed by atoms with Gasteiger partial charge in [-0.25, -0.2) is 4.98 Å². The van der Waals surface area contributed by atoms with Gasteiger partial charge >= 0.3 is 0 Å². The monoisotopic (exact) mass is 329 g/mol. The van der Waals surface area contributed by atoms with Crippen LogP contribution in [0.4, 0.5) is 0 Å². The number of pyridine rings is 1. The molecule has 0 bridgehead atoms. The molecule has 0 aliphatic heterocycles. The van der Waals surface area contributed by atoms with Gasteiger partial charge in [-0.15, -0.1) is 0 Å². The Hall–Kier alpha value is -2.37. The number of carbonyl (C=O) groups excluding carboxylic acids is 1. The first kappa shape index (κ1) is 15.5. The third-order valence-corrected chi connectivity index (χ3v) is 3.87. The Morgan fingerprint density at radius 3 is 2.65 bits per heavy atom. The third-order valence-electron chi connectivity index (χ3n) is 3.61. The molecule has 0 atom stereocenters. The molecule has 0 unspecified atom stereocenters. The normalized spacial score (nSPS) is 10.9. The summed E-state index contributed by atoms with van der Waals surface area (Å²) in [6.07, 6.45) is 2.46. The van der Waals surface area contributed by atoms with Crippen molar-refractivity contribution in [2.75, 3.05) is 6.54 Å². The highest BCUT2D eigenvalue weighted by Crippen LogP contribution is 2.17. The quantitative estimate of drug-likeness (QED) is 0.755. The minimum Gasteiger partial charge on any atom is -0.392 e. The molecule has 5 nitrogen and oxygen atoms in total. The van der Waals surface area contributed by atoms with Crippen LogP contribution in [0.15, 0.2) is 48.7 Å². The minimum absolute atomic E-state index is 0.0315. The van der Waals surface area contributed by atoms with Crippen molar-refractivity contribution in [3.8, 4) is 0 Å². The fourth-order valence-corrected chi connectivity index (χ4v) is 2.65. The Morgan fingerprint density at radius 1 is 1.17 bits per heavy atom. The Kier molecular flexibility index (Phi) is 4.60. The molecule has 0 fully saturated rings. The molecular formula is C17H16ClN3O2. The molecule has 0 saturated carbocycles. The number of nitrogens with one attached hydrogen (secondary N) is 1. The maximum absolute atomic E-state index is 12.3. The summed E-state index contributed by atoms with van der Waals surface area (Å²) in [5.41, 5.74) is 2.95. The fourth-order valence-electron chi connectivity index (χ4n) is 2.39. The smallest absolute Gasteiger partial charge is 0.271 e. The van der Waals surface area contributed by atoms with Crippen LogP contribution in [0, 0.1) is 0 Å². The average Bonchev–Trinajstić information content (AvgIpc) is 2.91. The minimum atomic E-state index is -0.249. The van der Waals surface area contributed by atoms with Crippen molar-refractivity contribution in [1.82, 2.24) is 14.7 Å². The second-order valence-electron chi connectivity index (χ2n) is 5.16. The number of aliphatic hydroxyl groups is 1. The number of nitrogens with zero attached hydrogens (tertiary/aromatic N) is 2. The van der Waals surface area contributed by atoms with E-state index in [0.717, 1.165) is 11.1 Å². The zero-order valence-corrected chi connectivity index (χ0v) is 13.1. The zero-order chi connectivity index (χ0) is 16.2. The van der Waals surface area contributed by atoms with Crippen LogP contribution in [-0.2, 0) is 13.0 Å². The number of imidazole rings is 1. The first-order valence-corrected chi connectivity index (χ1v) is 7.66. The number of aliphatic hydroxyl groups excluding tert-OH is 1. The molecule has 118 valence electrons. The lowest BCUT2D eigenvalue weighted by molar-refractivity contribution is 0.0948. The highest BCUT2D eigenvalue weighted by atomic mass is 35.5. The maximum Gasteiger partial charge on any atom is 0.271 e. The third kappa shape index (κ3) is 3.36. The lowest BCUT2D eigenvalue weighted by Gasteiger charge is -2.06. The maximum atomic E-state index is 12.3. The van der Waals surface area contributed by atoms with Crippen LogP contribution >= 0.6 is 11.6 Å².